The summed E-state index contributed by atoms with van der Waals surface area (Å²) < 4.78 is 14.1. The van der Waals surface area contributed by atoms with Crippen LogP contribution < -0.4 is 0 Å². The predicted molar refractivity (Wildman–Crippen MR) is 103 cm³/mol. The highest BCUT2D eigenvalue weighted by molar-refractivity contribution is 7.99. The molecule has 1 fully saturated rings. The number of rotatable bonds is 3. The number of benzene rings is 2. The lowest BCUT2D eigenvalue weighted by Gasteiger charge is -2.39. The number of aryl methyl sites for hydroxylation is 1. The molecule has 26 heavy (non-hydrogen) atoms. The number of hydrogen-bond acceptors (Lipinski definition) is 4. The van der Waals surface area contributed by atoms with Crippen LogP contribution in [0, 0.1) is 12.7 Å². The van der Waals surface area contributed by atoms with E-state index in [0.29, 0.717) is 0 Å². The molecule has 4 rings (SSSR count). The molecule has 0 radical (unpaired) electrons. The van der Waals surface area contributed by atoms with E-state index in [1.54, 1.807) is 23.9 Å². The van der Waals surface area contributed by atoms with Crippen molar-refractivity contribution in [3.05, 3.63) is 58.9 Å². The van der Waals surface area contributed by atoms with Crippen molar-refractivity contribution in [2.75, 3.05) is 39.3 Å². The molecular weight excluding hydrogens is 347 g/mol. The molecule has 0 aliphatic carbocycles. The summed E-state index contributed by atoms with van der Waals surface area (Å²) in [5, 5.41) is 9.17. The number of aliphatic hydroxyl groups excluding tert-OH is 1. The highest BCUT2D eigenvalue weighted by atomic mass is 32.2. The van der Waals surface area contributed by atoms with E-state index < -0.39 is 0 Å². The Bertz CT molecular complexity index is 790. The number of hydrogen-bond donors (Lipinski definition) is 1. The van der Waals surface area contributed by atoms with Crippen molar-refractivity contribution in [2.45, 2.75) is 29.2 Å². The molecule has 138 valence electrons. The van der Waals surface area contributed by atoms with Crippen LogP contribution in [-0.4, -0.2) is 54.2 Å². The zero-order valence-corrected chi connectivity index (χ0v) is 15.9. The van der Waals surface area contributed by atoms with E-state index in [2.05, 4.69) is 34.9 Å². The maximum absolute atomic E-state index is 14.1. The Morgan fingerprint density at radius 2 is 1.85 bits per heavy atom. The van der Waals surface area contributed by atoms with Gasteiger partial charge in [-0.1, -0.05) is 29.5 Å². The first-order valence-corrected chi connectivity index (χ1v) is 10.1. The molecular formula is C21H25FN2OS. The Kier molecular flexibility index (Phi) is 5.32. The monoisotopic (exact) mass is 372 g/mol. The maximum Gasteiger partial charge on any atom is 0.123 e. The summed E-state index contributed by atoms with van der Waals surface area (Å²) in [5.41, 5.74) is 3.74. The van der Waals surface area contributed by atoms with Crippen LogP contribution in [0.4, 0.5) is 4.39 Å². The van der Waals surface area contributed by atoms with Gasteiger partial charge < -0.3 is 5.11 Å². The first-order valence-electron chi connectivity index (χ1n) is 9.28. The molecule has 2 aromatic rings. The van der Waals surface area contributed by atoms with Gasteiger partial charge in [0.1, 0.15) is 5.82 Å². The van der Waals surface area contributed by atoms with E-state index in [9.17, 15) is 4.39 Å². The van der Waals surface area contributed by atoms with Crippen LogP contribution in [0.3, 0.4) is 0 Å². The molecule has 0 amide bonds. The van der Waals surface area contributed by atoms with Crippen LogP contribution >= 0.6 is 11.8 Å². The standard InChI is InChI=1S/C21H25FN2OS/c1-15-2-4-20-16(12-15)13-19(18-14-17(22)3-5-21(18)26-20)24-8-6-23(7-9-24)10-11-25/h2-5,12,14,19,25H,6-11,13H2,1H3. The molecule has 1 saturated heterocycles. The van der Waals surface area contributed by atoms with Gasteiger partial charge in [-0.25, -0.2) is 4.39 Å². The van der Waals surface area contributed by atoms with E-state index in [-0.39, 0.29) is 18.5 Å². The number of piperazine rings is 1. The van der Waals surface area contributed by atoms with Crippen LogP contribution in [0.15, 0.2) is 46.2 Å². The second-order valence-electron chi connectivity index (χ2n) is 7.22. The SMILES string of the molecule is Cc1ccc2c(c1)CC(N1CCN(CCO)CC1)c1cc(F)ccc1S2. The molecule has 0 aromatic heterocycles. The van der Waals surface area contributed by atoms with Crippen LogP contribution in [0.5, 0.6) is 0 Å². The second kappa shape index (κ2) is 7.69. The summed E-state index contributed by atoms with van der Waals surface area (Å²) in [6, 6.07) is 12.1. The summed E-state index contributed by atoms with van der Waals surface area (Å²) in [6.07, 6.45) is 0.917. The summed E-state index contributed by atoms with van der Waals surface area (Å²) in [5.74, 6) is -0.157. The van der Waals surface area contributed by atoms with E-state index in [1.807, 2.05) is 6.07 Å². The van der Waals surface area contributed by atoms with Crippen molar-refractivity contribution in [1.82, 2.24) is 9.80 Å². The van der Waals surface area contributed by atoms with E-state index in [0.717, 1.165) is 49.6 Å². The van der Waals surface area contributed by atoms with Gasteiger partial charge in [-0.3, -0.25) is 9.80 Å². The van der Waals surface area contributed by atoms with Crippen molar-refractivity contribution in [2.24, 2.45) is 0 Å². The zero-order chi connectivity index (χ0) is 18.1. The van der Waals surface area contributed by atoms with Gasteiger partial charge in [-0.05, 0) is 48.7 Å². The normalized spacial score (nSPS) is 21.1. The third-order valence-corrected chi connectivity index (χ3v) is 6.65. The van der Waals surface area contributed by atoms with Crippen LogP contribution in [0.1, 0.15) is 22.7 Å². The number of halogens is 1. The first kappa shape index (κ1) is 18.0. The second-order valence-corrected chi connectivity index (χ2v) is 8.30. The molecule has 0 spiro atoms. The molecule has 2 aromatic carbocycles. The minimum absolute atomic E-state index is 0.157. The molecule has 1 atom stereocenters. The van der Waals surface area contributed by atoms with Gasteiger partial charge in [0.25, 0.3) is 0 Å². The van der Waals surface area contributed by atoms with Crippen molar-refractivity contribution < 1.29 is 9.50 Å². The fourth-order valence-electron chi connectivity index (χ4n) is 4.04. The average molecular weight is 373 g/mol. The fourth-order valence-corrected chi connectivity index (χ4v) is 5.14. The molecule has 2 aliphatic rings. The Morgan fingerprint density at radius 1 is 1.08 bits per heavy atom. The number of β-amino-alcohol motifs (C(OH)–C–C–N with tert-alkyl or cyclic N) is 1. The van der Waals surface area contributed by atoms with Gasteiger partial charge in [0.05, 0.1) is 6.61 Å². The quantitative estimate of drug-likeness (QED) is 0.892. The maximum atomic E-state index is 14.1. The van der Waals surface area contributed by atoms with Crippen molar-refractivity contribution >= 4 is 11.8 Å². The average Bonchev–Trinajstić information content (AvgIpc) is 2.79. The molecule has 1 N–H and O–H groups in total. The summed E-state index contributed by atoms with van der Waals surface area (Å²) in [7, 11) is 0. The third-order valence-electron chi connectivity index (χ3n) is 5.44. The molecule has 2 aliphatic heterocycles. The van der Waals surface area contributed by atoms with E-state index in [1.165, 1.54) is 16.0 Å². The lowest BCUT2D eigenvalue weighted by molar-refractivity contribution is 0.0822. The molecule has 0 saturated carbocycles. The number of nitrogens with zero attached hydrogens (tertiary/aromatic N) is 2. The number of fused-ring (bicyclic) bond motifs is 2. The third kappa shape index (κ3) is 3.67. The van der Waals surface area contributed by atoms with Gasteiger partial charge >= 0.3 is 0 Å². The molecule has 5 heteroatoms. The van der Waals surface area contributed by atoms with Crippen molar-refractivity contribution in [3.63, 3.8) is 0 Å². The highest BCUT2D eigenvalue weighted by Crippen LogP contribution is 2.43. The number of aliphatic hydroxyl groups is 1. The van der Waals surface area contributed by atoms with Gasteiger partial charge in [0.2, 0.25) is 0 Å². The van der Waals surface area contributed by atoms with Gasteiger partial charge in [-0.2, -0.15) is 0 Å². The van der Waals surface area contributed by atoms with Crippen LogP contribution in [0.25, 0.3) is 0 Å². The lowest BCUT2D eigenvalue weighted by Crippen LogP contribution is -2.48. The zero-order valence-electron chi connectivity index (χ0n) is 15.1. The van der Waals surface area contributed by atoms with Crippen molar-refractivity contribution in [3.8, 4) is 0 Å². The largest absolute Gasteiger partial charge is 0.395 e. The predicted octanol–water partition coefficient (Wildman–Crippen LogP) is 3.49. The fraction of sp³-hybridized carbons (Fsp3) is 0.429. The summed E-state index contributed by atoms with van der Waals surface area (Å²) >= 11 is 1.76. The van der Waals surface area contributed by atoms with Crippen LogP contribution in [0.2, 0.25) is 0 Å². The minimum atomic E-state index is -0.157. The van der Waals surface area contributed by atoms with E-state index in [4.69, 9.17) is 5.11 Å². The van der Waals surface area contributed by atoms with Crippen LogP contribution in [-0.2, 0) is 6.42 Å². The van der Waals surface area contributed by atoms with Gasteiger partial charge in [0, 0.05) is 48.6 Å². The molecule has 1 unspecified atom stereocenters. The van der Waals surface area contributed by atoms with Crippen molar-refractivity contribution in [1.29, 1.82) is 0 Å². The first-order chi connectivity index (χ1) is 12.6. The van der Waals surface area contributed by atoms with Gasteiger partial charge in [-0.15, -0.1) is 0 Å². The highest BCUT2D eigenvalue weighted by Gasteiger charge is 2.30. The Morgan fingerprint density at radius 3 is 2.62 bits per heavy atom. The topological polar surface area (TPSA) is 26.7 Å². The Labute approximate surface area is 158 Å². The molecule has 0 bridgehead atoms. The van der Waals surface area contributed by atoms with Gasteiger partial charge in [0.15, 0.2) is 0 Å². The molecule has 2 heterocycles. The van der Waals surface area contributed by atoms with E-state index >= 15 is 0 Å². The Balaban J connectivity index is 1.67. The lowest BCUT2D eigenvalue weighted by atomic mass is 9.95. The molecule has 3 nitrogen and oxygen atoms in total. The summed E-state index contributed by atoms with van der Waals surface area (Å²) in [6.45, 7) is 6.89. The Hall–Kier alpha value is -1.40. The summed E-state index contributed by atoms with van der Waals surface area (Å²) in [4.78, 5) is 7.23. The minimum Gasteiger partial charge on any atom is -0.395 e. The smallest absolute Gasteiger partial charge is 0.123 e.